The van der Waals surface area contributed by atoms with E-state index in [4.69, 9.17) is 11.6 Å². The molecule has 1 aliphatic rings. The summed E-state index contributed by atoms with van der Waals surface area (Å²) in [6.45, 7) is 5.74. The maximum atomic E-state index is 13.7. The maximum absolute atomic E-state index is 13.7. The number of para-hydroxylation sites is 1. The van der Waals surface area contributed by atoms with Gasteiger partial charge in [-0.1, -0.05) is 35.9 Å². The van der Waals surface area contributed by atoms with Crippen LogP contribution in [0.3, 0.4) is 0 Å². The van der Waals surface area contributed by atoms with Crippen molar-refractivity contribution in [2.45, 2.75) is 13.8 Å². The number of anilines is 4. The van der Waals surface area contributed by atoms with E-state index >= 15 is 0 Å². The number of imide groups is 1. The fraction of sp³-hybridized carbons (Fsp3) is 0.143. The van der Waals surface area contributed by atoms with E-state index in [1.165, 1.54) is 6.07 Å². The fourth-order valence-corrected chi connectivity index (χ4v) is 4.94. The molecular formula is C28H23ClN4O4. The second-order valence-corrected chi connectivity index (χ2v) is 8.95. The van der Waals surface area contributed by atoms with Gasteiger partial charge < -0.3 is 10.2 Å². The Morgan fingerprint density at radius 2 is 1.59 bits per heavy atom. The van der Waals surface area contributed by atoms with Crippen LogP contribution in [0.1, 0.15) is 34.6 Å². The third kappa shape index (κ3) is 4.05. The highest BCUT2D eigenvalue weighted by Crippen LogP contribution is 2.43. The van der Waals surface area contributed by atoms with Crippen LogP contribution in [-0.2, 0) is 0 Å². The molecule has 0 saturated heterocycles. The lowest BCUT2D eigenvalue weighted by atomic mass is 9.91. The molecule has 2 amide bonds. The summed E-state index contributed by atoms with van der Waals surface area (Å²) in [7, 11) is 0. The van der Waals surface area contributed by atoms with Crippen molar-refractivity contribution in [1.82, 2.24) is 0 Å². The van der Waals surface area contributed by atoms with Crippen LogP contribution in [0.15, 0.2) is 72.8 Å². The number of rotatable bonds is 7. The van der Waals surface area contributed by atoms with Crippen LogP contribution in [0.2, 0.25) is 5.02 Å². The molecule has 0 atom stereocenters. The van der Waals surface area contributed by atoms with E-state index in [0.29, 0.717) is 27.2 Å². The lowest BCUT2D eigenvalue weighted by Crippen LogP contribution is -2.40. The van der Waals surface area contributed by atoms with Crippen LogP contribution >= 0.6 is 11.6 Å². The Kier molecular flexibility index (Phi) is 6.27. The molecule has 1 aliphatic heterocycles. The molecule has 0 radical (unpaired) electrons. The molecule has 4 aromatic carbocycles. The number of hydrogen-bond acceptors (Lipinski definition) is 6. The summed E-state index contributed by atoms with van der Waals surface area (Å²) >= 11 is 6.29. The largest absolute Gasteiger partial charge is 0.372 e. The van der Waals surface area contributed by atoms with Gasteiger partial charge in [0.25, 0.3) is 17.5 Å². The normalized spacial score (nSPS) is 12.7. The summed E-state index contributed by atoms with van der Waals surface area (Å²) < 4.78 is 0. The number of hydrogen-bond donors (Lipinski definition) is 1. The number of carbonyl (C=O) groups is 2. The fourth-order valence-electron chi connectivity index (χ4n) is 4.76. The van der Waals surface area contributed by atoms with Crippen LogP contribution in [0.25, 0.3) is 10.8 Å². The molecule has 186 valence electrons. The van der Waals surface area contributed by atoms with Crippen molar-refractivity contribution in [2.75, 3.05) is 28.2 Å². The van der Waals surface area contributed by atoms with Gasteiger partial charge in [0.05, 0.1) is 26.9 Å². The lowest BCUT2D eigenvalue weighted by molar-refractivity contribution is -0.383. The van der Waals surface area contributed by atoms with E-state index in [0.717, 1.165) is 23.7 Å². The summed E-state index contributed by atoms with van der Waals surface area (Å²) in [5.41, 5.74) is 2.09. The van der Waals surface area contributed by atoms with E-state index in [9.17, 15) is 19.7 Å². The highest BCUT2D eigenvalue weighted by molar-refractivity contribution is 6.37. The predicted octanol–water partition coefficient (Wildman–Crippen LogP) is 6.79. The molecule has 9 heteroatoms. The molecule has 37 heavy (non-hydrogen) atoms. The van der Waals surface area contributed by atoms with Crippen LogP contribution in [-0.4, -0.2) is 29.8 Å². The zero-order valence-corrected chi connectivity index (χ0v) is 21.0. The Morgan fingerprint density at radius 3 is 2.24 bits per heavy atom. The minimum atomic E-state index is -0.614. The van der Waals surface area contributed by atoms with Gasteiger partial charge in [0.2, 0.25) is 0 Å². The average molecular weight is 515 g/mol. The summed E-state index contributed by atoms with van der Waals surface area (Å²) in [5, 5.41) is 16.3. The Morgan fingerprint density at radius 1 is 0.919 bits per heavy atom. The SMILES string of the molecule is CCN(CC)c1ccc(N2C(=O)c3cccc4c(Nc5ccccc5Cl)c([N+](=O)[O-])cc(c34)C2=O)cc1. The monoisotopic (exact) mass is 514 g/mol. The highest BCUT2D eigenvalue weighted by Gasteiger charge is 2.37. The second kappa shape index (κ2) is 9.55. The smallest absolute Gasteiger partial charge is 0.294 e. The molecule has 0 fully saturated rings. The molecule has 0 spiro atoms. The molecule has 8 nitrogen and oxygen atoms in total. The van der Waals surface area contributed by atoms with Crippen molar-refractivity contribution in [3.05, 3.63) is 99.1 Å². The molecule has 1 N–H and O–H groups in total. The zero-order chi connectivity index (χ0) is 26.3. The first kappa shape index (κ1) is 24.3. The Balaban J connectivity index is 1.66. The summed E-state index contributed by atoms with van der Waals surface area (Å²) in [6, 6.07) is 20.2. The predicted molar refractivity (Wildman–Crippen MR) is 146 cm³/mol. The van der Waals surface area contributed by atoms with Crippen molar-refractivity contribution in [3.63, 3.8) is 0 Å². The van der Waals surface area contributed by atoms with Gasteiger partial charge in [-0.05, 0) is 56.3 Å². The molecule has 0 aliphatic carbocycles. The first-order valence-corrected chi connectivity index (χ1v) is 12.2. The lowest BCUT2D eigenvalue weighted by Gasteiger charge is -2.28. The number of nitro benzene ring substituents is 1. The van der Waals surface area contributed by atoms with E-state index < -0.39 is 16.7 Å². The van der Waals surface area contributed by atoms with Crippen LogP contribution in [0, 0.1) is 10.1 Å². The van der Waals surface area contributed by atoms with Crippen LogP contribution in [0.5, 0.6) is 0 Å². The molecule has 0 saturated carbocycles. The Hall–Kier alpha value is -4.43. The topological polar surface area (TPSA) is 95.8 Å². The molecule has 0 aromatic heterocycles. The number of nitrogens with zero attached hydrogens (tertiary/aromatic N) is 3. The zero-order valence-electron chi connectivity index (χ0n) is 20.2. The van der Waals surface area contributed by atoms with Gasteiger partial charge in [-0.25, -0.2) is 4.90 Å². The number of benzene rings is 4. The van der Waals surface area contributed by atoms with Crippen molar-refractivity contribution in [3.8, 4) is 0 Å². The van der Waals surface area contributed by atoms with Gasteiger partial charge >= 0.3 is 0 Å². The average Bonchev–Trinajstić information content (AvgIpc) is 2.90. The van der Waals surface area contributed by atoms with E-state index in [1.54, 1.807) is 54.6 Å². The van der Waals surface area contributed by atoms with E-state index in [2.05, 4.69) is 24.1 Å². The molecule has 0 unspecified atom stereocenters. The van der Waals surface area contributed by atoms with Gasteiger partial charge in [0.1, 0.15) is 5.69 Å². The molecule has 0 bridgehead atoms. The van der Waals surface area contributed by atoms with Crippen molar-refractivity contribution in [2.24, 2.45) is 0 Å². The second-order valence-electron chi connectivity index (χ2n) is 8.54. The molecule has 5 rings (SSSR count). The number of halogens is 1. The Labute approximate surface area is 218 Å². The van der Waals surface area contributed by atoms with Gasteiger partial charge in [-0.3, -0.25) is 19.7 Å². The first-order valence-electron chi connectivity index (χ1n) is 11.8. The first-order chi connectivity index (χ1) is 17.8. The van der Waals surface area contributed by atoms with E-state index in [-0.39, 0.29) is 22.5 Å². The summed E-state index contributed by atoms with van der Waals surface area (Å²) in [4.78, 5) is 42.1. The quantitative estimate of drug-likeness (QED) is 0.166. The van der Waals surface area contributed by atoms with Gasteiger partial charge in [-0.2, -0.15) is 0 Å². The highest BCUT2D eigenvalue weighted by atomic mass is 35.5. The number of nitrogens with one attached hydrogen (secondary N) is 1. The number of nitro groups is 1. The standard InChI is InChI=1S/C28H23ClN4O4/c1-3-31(4-2)17-12-14-18(15-13-17)32-27(34)20-9-7-8-19-25(20)21(28(32)35)16-24(33(36)37)26(19)30-23-11-6-5-10-22(23)29/h5-16,30H,3-4H2,1-2H3. The van der Waals surface area contributed by atoms with Gasteiger partial charge in [0.15, 0.2) is 0 Å². The summed E-state index contributed by atoms with van der Waals surface area (Å²) in [5.74, 6) is -1.10. The minimum absolute atomic E-state index is 0.0921. The van der Waals surface area contributed by atoms with E-state index in [1.807, 2.05) is 12.1 Å². The number of carbonyl (C=O) groups excluding carboxylic acids is 2. The van der Waals surface area contributed by atoms with Gasteiger partial charge in [0, 0.05) is 41.2 Å². The third-order valence-electron chi connectivity index (χ3n) is 6.57. The van der Waals surface area contributed by atoms with Crippen molar-refractivity contribution >= 4 is 62.6 Å². The minimum Gasteiger partial charge on any atom is -0.372 e. The maximum Gasteiger partial charge on any atom is 0.294 e. The molecular weight excluding hydrogens is 492 g/mol. The van der Waals surface area contributed by atoms with Crippen LogP contribution in [0.4, 0.5) is 28.4 Å². The van der Waals surface area contributed by atoms with Crippen molar-refractivity contribution < 1.29 is 14.5 Å². The van der Waals surface area contributed by atoms with Gasteiger partial charge in [-0.15, -0.1) is 0 Å². The Bertz CT molecular complexity index is 1570. The number of amides is 2. The van der Waals surface area contributed by atoms with Crippen molar-refractivity contribution in [1.29, 1.82) is 0 Å². The van der Waals surface area contributed by atoms with Crippen LogP contribution < -0.4 is 15.1 Å². The summed E-state index contributed by atoms with van der Waals surface area (Å²) in [6.07, 6.45) is 0. The third-order valence-corrected chi connectivity index (χ3v) is 6.90. The molecule has 4 aromatic rings. The molecule has 1 heterocycles.